The van der Waals surface area contributed by atoms with Crippen molar-refractivity contribution in [3.63, 3.8) is 0 Å². The minimum absolute atomic E-state index is 0.0834. The molecule has 8 nitrogen and oxygen atoms in total. The van der Waals surface area contributed by atoms with Crippen LogP contribution < -0.4 is 15.8 Å². The van der Waals surface area contributed by atoms with E-state index in [-0.39, 0.29) is 28.3 Å². The number of fused-ring (bicyclic) bond motifs is 2. The molecular weight excluding hydrogens is 509 g/mol. The molecule has 2 N–H and O–H groups in total. The largest absolute Gasteiger partial charge is 0.476 e. The van der Waals surface area contributed by atoms with Gasteiger partial charge in [0.15, 0.2) is 5.69 Å². The number of nitrogens with zero attached hydrogens (tertiary/aromatic N) is 4. The van der Waals surface area contributed by atoms with E-state index in [0.29, 0.717) is 35.6 Å². The van der Waals surface area contributed by atoms with E-state index in [9.17, 15) is 19.1 Å². The van der Waals surface area contributed by atoms with Gasteiger partial charge in [-0.2, -0.15) is 0 Å². The molecule has 10 heteroatoms. The molecule has 2 aromatic heterocycles. The Labute approximate surface area is 222 Å². The molecule has 3 heterocycles. The molecule has 4 aromatic rings. The standard InChI is InChI=1S/C28H25ClFN5O3/c1-14-9-20(15(2)31-22-7-8-23(29)32-25(22)27(37)38)24-21(10-14)26(36)35(19-5-6-19)28(33-24)34-12-16-3-4-18(30)11-17(16)13-34/h3-4,7-11,15,19,31H,5-6,12-13H2,1-2H3,(H,37,38)/t15-/m1/s1. The third kappa shape index (κ3) is 4.26. The topological polar surface area (TPSA) is 100 Å². The summed E-state index contributed by atoms with van der Waals surface area (Å²) in [6.07, 6.45) is 1.82. The third-order valence-electron chi connectivity index (χ3n) is 7.15. The number of aromatic nitrogens is 3. The summed E-state index contributed by atoms with van der Waals surface area (Å²) in [5.74, 6) is -0.918. The van der Waals surface area contributed by atoms with Crippen molar-refractivity contribution in [2.45, 2.75) is 51.9 Å². The van der Waals surface area contributed by atoms with Crippen LogP contribution in [0.2, 0.25) is 5.15 Å². The molecular formula is C28H25ClFN5O3. The summed E-state index contributed by atoms with van der Waals surface area (Å²) in [6.45, 7) is 4.80. The molecule has 2 aromatic carbocycles. The molecule has 6 rings (SSSR count). The van der Waals surface area contributed by atoms with Crippen molar-refractivity contribution in [1.29, 1.82) is 0 Å². The predicted molar refractivity (Wildman–Crippen MR) is 144 cm³/mol. The number of halogens is 2. The highest BCUT2D eigenvalue weighted by Gasteiger charge is 2.33. The smallest absolute Gasteiger partial charge is 0.356 e. The number of hydrogen-bond acceptors (Lipinski definition) is 6. The van der Waals surface area contributed by atoms with Gasteiger partial charge >= 0.3 is 5.97 Å². The van der Waals surface area contributed by atoms with Gasteiger partial charge < -0.3 is 15.3 Å². The number of aryl methyl sites for hydroxylation is 1. The van der Waals surface area contributed by atoms with Gasteiger partial charge in [-0.1, -0.05) is 23.7 Å². The zero-order valence-corrected chi connectivity index (χ0v) is 21.6. The van der Waals surface area contributed by atoms with Crippen molar-refractivity contribution in [2.24, 2.45) is 0 Å². The number of anilines is 2. The van der Waals surface area contributed by atoms with Crippen molar-refractivity contribution >= 4 is 40.1 Å². The van der Waals surface area contributed by atoms with E-state index in [1.165, 1.54) is 18.2 Å². The Morgan fingerprint density at radius 3 is 2.63 bits per heavy atom. The zero-order chi connectivity index (χ0) is 26.7. The molecule has 0 unspecified atom stereocenters. The Kier molecular flexibility index (Phi) is 5.83. The van der Waals surface area contributed by atoms with Crippen LogP contribution in [0.25, 0.3) is 10.9 Å². The van der Waals surface area contributed by atoms with E-state index >= 15 is 0 Å². The van der Waals surface area contributed by atoms with E-state index < -0.39 is 12.0 Å². The highest BCUT2D eigenvalue weighted by atomic mass is 35.5. The van der Waals surface area contributed by atoms with E-state index in [1.807, 2.05) is 30.9 Å². The molecule has 1 atom stereocenters. The molecule has 0 spiro atoms. The van der Waals surface area contributed by atoms with Gasteiger partial charge in [0.2, 0.25) is 5.95 Å². The Morgan fingerprint density at radius 1 is 1.13 bits per heavy atom. The lowest BCUT2D eigenvalue weighted by molar-refractivity contribution is 0.0691. The van der Waals surface area contributed by atoms with Crippen LogP contribution in [-0.2, 0) is 13.1 Å². The lowest BCUT2D eigenvalue weighted by Crippen LogP contribution is -2.30. The minimum Gasteiger partial charge on any atom is -0.476 e. The van der Waals surface area contributed by atoms with Gasteiger partial charge in [-0.05, 0) is 73.7 Å². The third-order valence-corrected chi connectivity index (χ3v) is 7.36. The Bertz CT molecular complexity index is 1680. The molecule has 38 heavy (non-hydrogen) atoms. The molecule has 1 aliphatic carbocycles. The van der Waals surface area contributed by atoms with Crippen molar-refractivity contribution in [2.75, 3.05) is 10.2 Å². The summed E-state index contributed by atoms with van der Waals surface area (Å²) in [5.41, 5.74) is 4.12. The second-order valence-electron chi connectivity index (χ2n) is 10.0. The molecule has 0 saturated heterocycles. The highest BCUT2D eigenvalue weighted by molar-refractivity contribution is 6.29. The van der Waals surface area contributed by atoms with Crippen LogP contribution in [0.15, 0.2) is 47.3 Å². The summed E-state index contributed by atoms with van der Waals surface area (Å²) >= 11 is 5.92. The maximum absolute atomic E-state index is 13.9. The van der Waals surface area contributed by atoms with Gasteiger partial charge in [0.1, 0.15) is 11.0 Å². The monoisotopic (exact) mass is 533 g/mol. The fourth-order valence-electron chi connectivity index (χ4n) is 5.21. The van der Waals surface area contributed by atoms with Gasteiger partial charge in [0.25, 0.3) is 5.56 Å². The summed E-state index contributed by atoms with van der Waals surface area (Å²) in [7, 11) is 0. The average Bonchev–Trinajstić information content (AvgIpc) is 3.62. The predicted octanol–water partition coefficient (Wildman–Crippen LogP) is 5.62. The highest BCUT2D eigenvalue weighted by Crippen LogP contribution is 2.39. The number of nitrogens with one attached hydrogen (secondary N) is 1. The number of rotatable bonds is 6. The van der Waals surface area contributed by atoms with Crippen LogP contribution >= 0.6 is 11.6 Å². The SMILES string of the molecule is Cc1cc([C@@H](C)Nc2ccc(Cl)nc2C(=O)O)c2nc(N3Cc4ccc(F)cc4C3)n(C3CC3)c(=O)c2c1. The quantitative estimate of drug-likeness (QED) is 0.310. The molecule has 0 bridgehead atoms. The number of carboxylic acids is 1. The van der Waals surface area contributed by atoms with Crippen LogP contribution in [0, 0.1) is 12.7 Å². The molecule has 1 saturated carbocycles. The van der Waals surface area contributed by atoms with Crippen LogP contribution in [0.1, 0.15) is 64.6 Å². The van der Waals surface area contributed by atoms with Crippen molar-refractivity contribution in [3.8, 4) is 0 Å². The Hall–Kier alpha value is -3.98. The van der Waals surface area contributed by atoms with Crippen LogP contribution in [0.3, 0.4) is 0 Å². The number of benzene rings is 2. The first-order chi connectivity index (χ1) is 18.2. The van der Waals surface area contributed by atoms with E-state index in [2.05, 4.69) is 10.3 Å². The zero-order valence-electron chi connectivity index (χ0n) is 20.8. The van der Waals surface area contributed by atoms with Crippen molar-refractivity contribution < 1.29 is 14.3 Å². The number of pyridine rings is 1. The van der Waals surface area contributed by atoms with Crippen LogP contribution in [-0.4, -0.2) is 25.6 Å². The van der Waals surface area contributed by atoms with Gasteiger partial charge in [-0.25, -0.2) is 19.2 Å². The number of hydrogen-bond donors (Lipinski definition) is 2. The molecule has 1 fully saturated rings. The average molecular weight is 534 g/mol. The molecule has 194 valence electrons. The van der Waals surface area contributed by atoms with Crippen LogP contribution in [0.4, 0.5) is 16.0 Å². The van der Waals surface area contributed by atoms with Crippen molar-refractivity contribution in [1.82, 2.24) is 14.5 Å². The van der Waals surface area contributed by atoms with Gasteiger partial charge in [0.05, 0.1) is 22.6 Å². The number of carboxylic acid groups (broad SMARTS) is 1. The van der Waals surface area contributed by atoms with Gasteiger partial charge in [-0.15, -0.1) is 0 Å². The molecule has 2 aliphatic rings. The first-order valence-corrected chi connectivity index (χ1v) is 12.8. The second kappa shape index (κ2) is 9.09. The van der Waals surface area contributed by atoms with E-state index in [1.54, 1.807) is 16.7 Å². The van der Waals surface area contributed by atoms with Gasteiger partial charge in [0, 0.05) is 24.7 Å². The lowest BCUT2D eigenvalue weighted by Gasteiger charge is -2.24. The summed E-state index contributed by atoms with van der Waals surface area (Å²) in [5, 5.41) is 13.4. The Balaban J connectivity index is 1.47. The van der Waals surface area contributed by atoms with Crippen molar-refractivity contribution in [3.05, 3.63) is 91.7 Å². The summed E-state index contributed by atoms with van der Waals surface area (Å²) in [4.78, 5) is 36.7. The maximum Gasteiger partial charge on any atom is 0.356 e. The minimum atomic E-state index is -1.20. The number of aromatic carboxylic acids is 1. The first-order valence-electron chi connectivity index (χ1n) is 12.4. The number of carbonyl (C=O) groups is 1. The van der Waals surface area contributed by atoms with Crippen LogP contribution in [0.5, 0.6) is 0 Å². The lowest BCUT2D eigenvalue weighted by atomic mass is 10.0. The summed E-state index contributed by atoms with van der Waals surface area (Å²) < 4.78 is 15.7. The fourth-order valence-corrected chi connectivity index (χ4v) is 5.36. The molecule has 0 radical (unpaired) electrons. The summed E-state index contributed by atoms with van der Waals surface area (Å²) in [6, 6.07) is 11.4. The van der Waals surface area contributed by atoms with E-state index in [4.69, 9.17) is 16.6 Å². The maximum atomic E-state index is 13.9. The molecule has 0 amide bonds. The van der Waals surface area contributed by atoms with Gasteiger partial charge in [-0.3, -0.25) is 9.36 Å². The first kappa shape index (κ1) is 24.4. The normalized spacial score (nSPS) is 15.5. The second-order valence-corrected chi connectivity index (χ2v) is 10.4. The Morgan fingerprint density at radius 2 is 1.89 bits per heavy atom. The molecule has 1 aliphatic heterocycles. The van der Waals surface area contributed by atoms with E-state index in [0.717, 1.165) is 35.1 Å². The fraction of sp³-hybridized carbons (Fsp3) is 0.286.